The summed E-state index contributed by atoms with van der Waals surface area (Å²) >= 11 is 0. The smallest absolute Gasteiger partial charge is 0.227 e. The Balaban J connectivity index is 0.00000182. The summed E-state index contributed by atoms with van der Waals surface area (Å²) in [6, 6.07) is 5.76. The van der Waals surface area contributed by atoms with Crippen molar-refractivity contribution in [2.75, 3.05) is 7.05 Å². The van der Waals surface area contributed by atoms with Gasteiger partial charge in [-0.15, -0.1) is 12.4 Å². The van der Waals surface area contributed by atoms with Gasteiger partial charge >= 0.3 is 0 Å². The highest BCUT2D eigenvalue weighted by atomic mass is 35.5. The lowest BCUT2D eigenvalue weighted by molar-refractivity contribution is -0.131. The molecule has 1 aromatic carbocycles. The number of benzene rings is 1. The van der Waals surface area contributed by atoms with Crippen LogP contribution in [0.4, 0.5) is 0 Å². The number of fused-ring (bicyclic) bond motifs is 3. The van der Waals surface area contributed by atoms with Gasteiger partial charge in [-0.1, -0.05) is 12.1 Å². The summed E-state index contributed by atoms with van der Waals surface area (Å²) in [6.45, 7) is 4.16. The van der Waals surface area contributed by atoms with Crippen LogP contribution in [-0.4, -0.2) is 36.0 Å². The van der Waals surface area contributed by atoms with Gasteiger partial charge in [0.25, 0.3) is 0 Å². The third kappa shape index (κ3) is 3.30. The Morgan fingerprint density at radius 3 is 2.60 bits per heavy atom. The van der Waals surface area contributed by atoms with Crippen molar-refractivity contribution in [2.24, 2.45) is 0 Å². The van der Waals surface area contributed by atoms with Crippen molar-refractivity contribution in [1.82, 2.24) is 10.2 Å². The molecule has 5 heteroatoms. The van der Waals surface area contributed by atoms with E-state index in [0.717, 1.165) is 34.9 Å². The molecule has 1 aromatic heterocycles. The monoisotopic (exact) mass is 362 g/mol. The van der Waals surface area contributed by atoms with Crippen LogP contribution in [0.3, 0.4) is 0 Å². The number of nitrogens with one attached hydrogen (secondary N) is 1. The van der Waals surface area contributed by atoms with Crippen LogP contribution in [0.25, 0.3) is 11.0 Å². The highest BCUT2D eigenvalue weighted by molar-refractivity contribution is 5.89. The van der Waals surface area contributed by atoms with E-state index < -0.39 is 0 Å². The van der Waals surface area contributed by atoms with Crippen LogP contribution in [0.5, 0.6) is 0 Å². The Bertz CT molecular complexity index is 773. The van der Waals surface area contributed by atoms with Crippen molar-refractivity contribution in [3.63, 3.8) is 0 Å². The van der Waals surface area contributed by atoms with Gasteiger partial charge in [-0.05, 0) is 50.7 Å². The second-order valence-corrected chi connectivity index (χ2v) is 7.59. The van der Waals surface area contributed by atoms with Gasteiger partial charge in [0.2, 0.25) is 5.91 Å². The van der Waals surface area contributed by atoms with Gasteiger partial charge < -0.3 is 14.6 Å². The molecule has 3 heterocycles. The third-order valence-electron chi connectivity index (χ3n) is 6.07. The van der Waals surface area contributed by atoms with E-state index in [2.05, 4.69) is 31.3 Å². The minimum absolute atomic E-state index is 0. The van der Waals surface area contributed by atoms with E-state index in [1.165, 1.54) is 18.4 Å². The molecule has 2 aliphatic rings. The number of likely N-dealkylation sites (N-methyl/N-ethyl adjacent to an activating group) is 1. The average molecular weight is 363 g/mol. The van der Waals surface area contributed by atoms with Crippen LogP contribution in [-0.2, 0) is 11.2 Å². The summed E-state index contributed by atoms with van der Waals surface area (Å²) in [6.07, 6.45) is 6.87. The third-order valence-corrected chi connectivity index (χ3v) is 6.07. The molecule has 2 aromatic rings. The molecule has 0 aliphatic carbocycles. The summed E-state index contributed by atoms with van der Waals surface area (Å²) in [5.41, 5.74) is 4.30. The van der Waals surface area contributed by atoms with Crippen LogP contribution in [0, 0.1) is 13.8 Å². The second kappa shape index (κ2) is 7.00. The van der Waals surface area contributed by atoms with Gasteiger partial charge in [0.05, 0.1) is 12.7 Å². The number of amides is 1. The molecule has 2 aliphatic heterocycles. The molecule has 1 amide bonds. The number of carbonyl (C=O) groups is 1. The molecule has 2 saturated heterocycles. The Kier molecular flexibility index (Phi) is 5.12. The predicted octanol–water partition coefficient (Wildman–Crippen LogP) is 3.76. The van der Waals surface area contributed by atoms with Crippen molar-refractivity contribution in [3.05, 3.63) is 35.1 Å². The van der Waals surface area contributed by atoms with Crippen LogP contribution >= 0.6 is 12.4 Å². The van der Waals surface area contributed by atoms with E-state index >= 15 is 0 Å². The molecule has 25 heavy (non-hydrogen) atoms. The highest BCUT2D eigenvalue weighted by Gasteiger charge is 2.36. The maximum absolute atomic E-state index is 12.8. The summed E-state index contributed by atoms with van der Waals surface area (Å²) in [4.78, 5) is 14.8. The van der Waals surface area contributed by atoms with Crippen molar-refractivity contribution in [2.45, 2.75) is 64.1 Å². The SMILES string of the molecule is Cc1ccc2c(CC(=O)N(C)C3CC4CCC(C3)N4)coc2c1C.Cl. The number of nitrogens with zero attached hydrogens (tertiary/aromatic N) is 1. The minimum Gasteiger partial charge on any atom is -0.464 e. The number of halogens is 1. The fourth-order valence-corrected chi connectivity index (χ4v) is 4.36. The van der Waals surface area contributed by atoms with Crippen LogP contribution in [0.15, 0.2) is 22.8 Å². The molecular weight excluding hydrogens is 336 g/mol. The van der Waals surface area contributed by atoms with E-state index in [9.17, 15) is 4.79 Å². The lowest BCUT2D eigenvalue weighted by Crippen LogP contribution is -2.49. The molecule has 136 valence electrons. The number of aryl methyl sites for hydroxylation is 2. The molecule has 2 unspecified atom stereocenters. The highest BCUT2D eigenvalue weighted by Crippen LogP contribution is 2.30. The first-order valence-corrected chi connectivity index (χ1v) is 9.01. The van der Waals surface area contributed by atoms with Crippen molar-refractivity contribution >= 4 is 29.3 Å². The number of hydrogen-bond acceptors (Lipinski definition) is 3. The Morgan fingerprint density at radius 1 is 1.24 bits per heavy atom. The average Bonchev–Trinajstić information content (AvgIpc) is 3.13. The molecule has 1 N–H and O–H groups in total. The van der Waals surface area contributed by atoms with E-state index in [1.54, 1.807) is 6.26 Å². The second-order valence-electron chi connectivity index (χ2n) is 7.59. The zero-order chi connectivity index (χ0) is 16.8. The molecule has 4 nitrogen and oxygen atoms in total. The van der Waals surface area contributed by atoms with Gasteiger partial charge in [-0.3, -0.25) is 4.79 Å². The normalized spacial score (nSPS) is 25.0. The topological polar surface area (TPSA) is 45.5 Å². The summed E-state index contributed by atoms with van der Waals surface area (Å²) in [7, 11) is 1.97. The van der Waals surface area contributed by atoms with Crippen LogP contribution < -0.4 is 5.32 Å². The van der Waals surface area contributed by atoms with Gasteiger partial charge in [0.1, 0.15) is 5.58 Å². The molecule has 0 radical (unpaired) electrons. The number of piperidine rings is 1. The summed E-state index contributed by atoms with van der Waals surface area (Å²) in [5.74, 6) is 0.197. The molecule has 2 atom stereocenters. The number of carbonyl (C=O) groups excluding carboxylic acids is 1. The zero-order valence-electron chi connectivity index (χ0n) is 15.2. The van der Waals surface area contributed by atoms with Gasteiger partial charge in [-0.2, -0.15) is 0 Å². The quantitative estimate of drug-likeness (QED) is 0.904. The fourth-order valence-electron chi connectivity index (χ4n) is 4.36. The maximum Gasteiger partial charge on any atom is 0.227 e. The first-order valence-electron chi connectivity index (χ1n) is 9.01. The van der Waals surface area contributed by atoms with Crippen molar-refractivity contribution in [1.29, 1.82) is 0 Å². The Hall–Kier alpha value is -1.52. The van der Waals surface area contributed by atoms with E-state index in [4.69, 9.17) is 4.42 Å². The molecule has 0 spiro atoms. The summed E-state index contributed by atoms with van der Waals surface area (Å²) < 4.78 is 5.75. The van der Waals surface area contributed by atoms with Gasteiger partial charge in [0, 0.05) is 36.1 Å². The molecule has 4 rings (SSSR count). The molecule has 2 fully saturated rings. The van der Waals surface area contributed by atoms with Crippen LogP contribution in [0.2, 0.25) is 0 Å². The number of furan rings is 1. The zero-order valence-corrected chi connectivity index (χ0v) is 16.0. The molecule has 0 saturated carbocycles. The maximum atomic E-state index is 12.8. The molecule has 2 bridgehead atoms. The van der Waals surface area contributed by atoms with Gasteiger partial charge in [0.15, 0.2) is 0 Å². The van der Waals surface area contributed by atoms with Crippen LogP contribution in [0.1, 0.15) is 42.4 Å². The minimum atomic E-state index is 0. The molecular formula is C20H27ClN2O2. The lowest BCUT2D eigenvalue weighted by atomic mass is 9.97. The summed E-state index contributed by atoms with van der Waals surface area (Å²) in [5, 5.41) is 4.72. The van der Waals surface area contributed by atoms with Crippen molar-refractivity contribution in [3.8, 4) is 0 Å². The largest absolute Gasteiger partial charge is 0.464 e. The predicted molar refractivity (Wildman–Crippen MR) is 102 cm³/mol. The Morgan fingerprint density at radius 2 is 1.92 bits per heavy atom. The van der Waals surface area contributed by atoms with Crippen molar-refractivity contribution < 1.29 is 9.21 Å². The number of hydrogen-bond donors (Lipinski definition) is 1. The first kappa shape index (κ1) is 18.3. The van der Waals surface area contributed by atoms with E-state index in [0.29, 0.717) is 24.5 Å². The van der Waals surface area contributed by atoms with Gasteiger partial charge in [-0.25, -0.2) is 0 Å². The standard InChI is InChI=1S/C20H26N2O2.ClH/c1-12-4-7-18-14(11-24-20(18)13(12)2)8-19(23)22(3)17-9-15-5-6-16(10-17)21-15;/h4,7,11,15-17,21H,5-6,8-10H2,1-3H3;1H. The lowest BCUT2D eigenvalue weighted by Gasteiger charge is -2.35. The Labute approximate surface area is 155 Å². The first-order chi connectivity index (χ1) is 11.5. The fraction of sp³-hybridized carbons (Fsp3) is 0.550. The number of rotatable bonds is 3. The van der Waals surface area contributed by atoms with E-state index in [-0.39, 0.29) is 18.3 Å². The van der Waals surface area contributed by atoms with E-state index in [1.807, 2.05) is 11.9 Å².